The van der Waals surface area contributed by atoms with Gasteiger partial charge in [0.25, 0.3) is 0 Å². The Morgan fingerprint density at radius 3 is 2.12 bits per heavy atom. The minimum Gasteiger partial charge on any atom is -0.342 e. The van der Waals surface area contributed by atoms with Crippen molar-refractivity contribution in [2.45, 2.75) is 47.6 Å². The molecule has 3 nitrogen and oxygen atoms in total. The molecule has 0 aromatic heterocycles. The van der Waals surface area contributed by atoms with Gasteiger partial charge in [-0.15, -0.1) is 0 Å². The molecule has 0 heterocycles. The minimum absolute atomic E-state index is 0.163. The summed E-state index contributed by atoms with van der Waals surface area (Å²) in [4.78, 5) is 13.5. The molecule has 0 saturated heterocycles. The second kappa shape index (κ2) is 6.24. The highest BCUT2D eigenvalue weighted by atomic mass is 16.2. The van der Waals surface area contributed by atoms with Gasteiger partial charge in [-0.1, -0.05) is 27.7 Å². The maximum absolute atomic E-state index is 11.7. The number of nitrogens with one attached hydrogen (secondary N) is 1. The fourth-order valence-corrected chi connectivity index (χ4v) is 1.11. The monoisotopic (exact) mass is 228 g/mol. The van der Waals surface area contributed by atoms with Crippen LogP contribution in [0.15, 0.2) is 0 Å². The standard InChI is InChI=1S/C13H28N2O/c1-10(2)15(7)12(16)9-14-8-11(3)13(4,5)6/h10-11,14H,8-9H2,1-7H3. The largest absolute Gasteiger partial charge is 0.342 e. The number of nitrogens with zero attached hydrogens (tertiary/aromatic N) is 1. The number of hydrogen-bond acceptors (Lipinski definition) is 2. The number of carbonyl (C=O) groups is 1. The lowest BCUT2D eigenvalue weighted by Gasteiger charge is -2.28. The van der Waals surface area contributed by atoms with Gasteiger partial charge in [0.05, 0.1) is 6.54 Å². The van der Waals surface area contributed by atoms with E-state index in [1.54, 1.807) is 4.90 Å². The van der Waals surface area contributed by atoms with Crippen LogP contribution in [-0.2, 0) is 4.79 Å². The molecule has 0 aromatic rings. The molecule has 1 amide bonds. The highest BCUT2D eigenvalue weighted by Crippen LogP contribution is 2.24. The van der Waals surface area contributed by atoms with E-state index in [-0.39, 0.29) is 11.9 Å². The molecule has 3 heteroatoms. The van der Waals surface area contributed by atoms with Crippen molar-refractivity contribution >= 4 is 5.91 Å². The van der Waals surface area contributed by atoms with E-state index in [1.807, 2.05) is 20.9 Å². The Morgan fingerprint density at radius 2 is 1.75 bits per heavy atom. The molecule has 1 atom stereocenters. The van der Waals surface area contributed by atoms with Crippen LogP contribution in [0, 0.1) is 11.3 Å². The Kier molecular flexibility index (Phi) is 6.01. The fraction of sp³-hybridized carbons (Fsp3) is 0.923. The minimum atomic E-state index is 0.163. The fourth-order valence-electron chi connectivity index (χ4n) is 1.11. The Bertz CT molecular complexity index is 218. The summed E-state index contributed by atoms with van der Waals surface area (Å²) in [6.07, 6.45) is 0. The van der Waals surface area contributed by atoms with E-state index in [0.717, 1.165) is 6.54 Å². The first-order chi connectivity index (χ1) is 7.16. The highest BCUT2D eigenvalue weighted by Gasteiger charge is 2.20. The summed E-state index contributed by atoms with van der Waals surface area (Å²) in [5.74, 6) is 0.723. The van der Waals surface area contributed by atoms with Crippen LogP contribution in [0.4, 0.5) is 0 Å². The van der Waals surface area contributed by atoms with Gasteiger partial charge < -0.3 is 10.2 Å². The van der Waals surface area contributed by atoms with Gasteiger partial charge in [0.1, 0.15) is 0 Å². The van der Waals surface area contributed by atoms with Gasteiger partial charge in [-0.05, 0) is 31.7 Å². The second-order valence-corrected chi connectivity index (χ2v) is 6.00. The summed E-state index contributed by atoms with van der Waals surface area (Å²) in [6.45, 7) is 14.3. The predicted molar refractivity (Wildman–Crippen MR) is 69.4 cm³/mol. The van der Waals surface area contributed by atoms with Gasteiger partial charge >= 0.3 is 0 Å². The first-order valence-corrected chi connectivity index (χ1v) is 6.12. The summed E-state index contributed by atoms with van der Waals surface area (Å²) < 4.78 is 0. The zero-order chi connectivity index (χ0) is 12.9. The maximum Gasteiger partial charge on any atom is 0.236 e. The number of carbonyl (C=O) groups excluding carboxylic acids is 1. The SMILES string of the molecule is CC(C)N(C)C(=O)CNCC(C)C(C)(C)C. The first-order valence-electron chi connectivity index (χ1n) is 6.12. The number of rotatable bonds is 5. The van der Waals surface area contributed by atoms with Crippen LogP contribution in [0.3, 0.4) is 0 Å². The molecule has 1 unspecified atom stereocenters. The van der Waals surface area contributed by atoms with Crippen molar-refractivity contribution in [3.63, 3.8) is 0 Å². The zero-order valence-electron chi connectivity index (χ0n) is 11.9. The smallest absolute Gasteiger partial charge is 0.236 e. The van der Waals surface area contributed by atoms with E-state index in [4.69, 9.17) is 0 Å². The topological polar surface area (TPSA) is 32.3 Å². The molecule has 0 aliphatic carbocycles. The van der Waals surface area contributed by atoms with Crippen LogP contribution in [0.25, 0.3) is 0 Å². The third-order valence-corrected chi connectivity index (χ3v) is 3.37. The number of hydrogen-bond donors (Lipinski definition) is 1. The number of amides is 1. The molecule has 0 rings (SSSR count). The van der Waals surface area contributed by atoms with Crippen LogP contribution in [0.5, 0.6) is 0 Å². The Hall–Kier alpha value is -0.570. The summed E-state index contributed by atoms with van der Waals surface area (Å²) in [6, 6.07) is 0.273. The lowest BCUT2D eigenvalue weighted by Crippen LogP contribution is -2.41. The molecule has 0 bridgehead atoms. The quantitative estimate of drug-likeness (QED) is 0.782. The molecule has 0 radical (unpaired) electrons. The van der Waals surface area contributed by atoms with Crippen molar-refractivity contribution in [1.82, 2.24) is 10.2 Å². The van der Waals surface area contributed by atoms with E-state index in [1.165, 1.54) is 0 Å². The first kappa shape index (κ1) is 15.4. The zero-order valence-corrected chi connectivity index (χ0v) is 11.9. The maximum atomic E-state index is 11.7. The molecule has 16 heavy (non-hydrogen) atoms. The third kappa shape index (κ3) is 5.50. The Balaban J connectivity index is 3.87. The van der Waals surface area contributed by atoms with Gasteiger partial charge in [0.2, 0.25) is 5.91 Å². The van der Waals surface area contributed by atoms with Crippen molar-refractivity contribution in [3.8, 4) is 0 Å². The summed E-state index contributed by atoms with van der Waals surface area (Å²) in [5.41, 5.74) is 0.292. The lowest BCUT2D eigenvalue weighted by molar-refractivity contribution is -0.130. The Labute approximate surface area is 101 Å². The predicted octanol–water partition coefficient (Wildman–Crippen LogP) is 2.12. The molecule has 0 aliphatic heterocycles. The van der Waals surface area contributed by atoms with Gasteiger partial charge in [0, 0.05) is 13.1 Å². The molecule has 0 saturated carbocycles. The summed E-state index contributed by atoms with van der Waals surface area (Å²) >= 11 is 0. The average Bonchev–Trinajstić information content (AvgIpc) is 2.14. The van der Waals surface area contributed by atoms with Gasteiger partial charge in [-0.2, -0.15) is 0 Å². The van der Waals surface area contributed by atoms with E-state index in [0.29, 0.717) is 17.9 Å². The van der Waals surface area contributed by atoms with E-state index >= 15 is 0 Å². The molecule has 0 aliphatic rings. The molecule has 0 aromatic carbocycles. The van der Waals surface area contributed by atoms with Gasteiger partial charge in [-0.3, -0.25) is 4.79 Å². The van der Waals surface area contributed by atoms with Crippen molar-refractivity contribution in [1.29, 1.82) is 0 Å². The number of likely N-dealkylation sites (N-methyl/N-ethyl adjacent to an activating group) is 1. The molecule has 96 valence electrons. The van der Waals surface area contributed by atoms with Crippen LogP contribution in [-0.4, -0.2) is 37.0 Å². The second-order valence-electron chi connectivity index (χ2n) is 6.00. The van der Waals surface area contributed by atoms with Crippen LogP contribution >= 0.6 is 0 Å². The van der Waals surface area contributed by atoms with E-state index in [2.05, 4.69) is 33.0 Å². The molecule has 0 fully saturated rings. The highest BCUT2D eigenvalue weighted by molar-refractivity contribution is 5.78. The van der Waals surface area contributed by atoms with Crippen molar-refractivity contribution in [2.75, 3.05) is 20.1 Å². The third-order valence-electron chi connectivity index (χ3n) is 3.37. The molecule has 1 N–H and O–H groups in total. The van der Waals surface area contributed by atoms with Gasteiger partial charge in [-0.25, -0.2) is 0 Å². The van der Waals surface area contributed by atoms with E-state index in [9.17, 15) is 4.79 Å². The van der Waals surface area contributed by atoms with Crippen molar-refractivity contribution < 1.29 is 4.79 Å². The summed E-state index contributed by atoms with van der Waals surface area (Å²) in [7, 11) is 1.85. The van der Waals surface area contributed by atoms with Gasteiger partial charge in [0.15, 0.2) is 0 Å². The van der Waals surface area contributed by atoms with Crippen LogP contribution < -0.4 is 5.32 Å². The lowest BCUT2D eigenvalue weighted by atomic mass is 9.82. The average molecular weight is 228 g/mol. The normalized spacial score (nSPS) is 14.0. The molecule has 0 spiro atoms. The molecular weight excluding hydrogens is 200 g/mol. The molecular formula is C13H28N2O. The van der Waals surface area contributed by atoms with E-state index < -0.39 is 0 Å². The van der Waals surface area contributed by atoms with Crippen molar-refractivity contribution in [2.24, 2.45) is 11.3 Å². The van der Waals surface area contributed by atoms with Crippen LogP contribution in [0.2, 0.25) is 0 Å². The Morgan fingerprint density at radius 1 is 1.25 bits per heavy atom. The van der Waals surface area contributed by atoms with Crippen molar-refractivity contribution in [3.05, 3.63) is 0 Å². The summed E-state index contributed by atoms with van der Waals surface area (Å²) in [5, 5.41) is 3.24. The van der Waals surface area contributed by atoms with Crippen LogP contribution in [0.1, 0.15) is 41.5 Å².